The van der Waals surface area contributed by atoms with Crippen molar-refractivity contribution in [3.05, 3.63) is 47.2 Å². The number of rotatable bonds is 5. The molecule has 5 heteroatoms. The summed E-state index contributed by atoms with van der Waals surface area (Å²) in [5.74, 6) is 1.70. The number of nitrogens with zero attached hydrogens (tertiary/aromatic N) is 2. The summed E-state index contributed by atoms with van der Waals surface area (Å²) < 4.78 is 6.62. The second-order valence-electron chi connectivity index (χ2n) is 3.19. The molecule has 2 aromatic rings. The van der Waals surface area contributed by atoms with Crippen molar-refractivity contribution in [3.8, 4) is 5.75 Å². The fourth-order valence-corrected chi connectivity index (χ4v) is 2.21. The Balaban J connectivity index is 1.73. The molecule has 0 spiro atoms. The van der Waals surface area contributed by atoms with E-state index < -0.39 is 0 Å². The van der Waals surface area contributed by atoms with Gasteiger partial charge in [0.1, 0.15) is 5.75 Å². The monoisotopic (exact) mass is 310 g/mol. The van der Waals surface area contributed by atoms with E-state index in [9.17, 15) is 0 Å². The van der Waals surface area contributed by atoms with Gasteiger partial charge >= 0.3 is 0 Å². The van der Waals surface area contributed by atoms with E-state index in [1.807, 2.05) is 30.3 Å². The number of ether oxygens (including phenoxy) is 1. The first-order valence-electron chi connectivity index (χ1n) is 5.13. The number of benzene rings is 1. The van der Waals surface area contributed by atoms with Crippen molar-refractivity contribution < 1.29 is 4.74 Å². The van der Waals surface area contributed by atoms with Crippen LogP contribution in [0.5, 0.6) is 5.75 Å². The van der Waals surface area contributed by atoms with Crippen molar-refractivity contribution in [2.75, 3.05) is 12.4 Å². The topological polar surface area (TPSA) is 35.0 Å². The third-order valence-corrected chi connectivity index (χ3v) is 3.25. The Hall–Kier alpha value is -1.07. The van der Waals surface area contributed by atoms with E-state index in [0.29, 0.717) is 6.61 Å². The second kappa shape index (κ2) is 6.61. The quantitative estimate of drug-likeness (QED) is 0.481. The van der Waals surface area contributed by atoms with Crippen LogP contribution in [-0.4, -0.2) is 22.3 Å². The molecular formula is C12H11BrN2OS. The normalized spacial score (nSPS) is 10.2. The maximum Gasteiger partial charge on any atom is 0.187 e. The summed E-state index contributed by atoms with van der Waals surface area (Å²) >= 11 is 4.99. The molecule has 0 fully saturated rings. The molecule has 0 aliphatic carbocycles. The number of thioether (sulfide) groups is 1. The van der Waals surface area contributed by atoms with Crippen LogP contribution in [0.3, 0.4) is 0 Å². The van der Waals surface area contributed by atoms with Gasteiger partial charge in [-0.2, -0.15) is 0 Å². The standard InChI is InChI=1S/C12H11BrN2OS/c13-10-3-1-4-11(9-10)16-7-8-17-12-14-5-2-6-15-12/h1-6,9H,7-8H2. The van der Waals surface area contributed by atoms with Gasteiger partial charge in [-0.1, -0.05) is 33.8 Å². The average molecular weight is 311 g/mol. The van der Waals surface area contributed by atoms with E-state index in [1.165, 1.54) is 0 Å². The molecule has 0 aliphatic rings. The van der Waals surface area contributed by atoms with Crippen LogP contribution in [0.15, 0.2) is 52.4 Å². The van der Waals surface area contributed by atoms with Crippen LogP contribution in [0.25, 0.3) is 0 Å². The van der Waals surface area contributed by atoms with Gasteiger partial charge in [-0.05, 0) is 24.3 Å². The van der Waals surface area contributed by atoms with Crippen LogP contribution in [-0.2, 0) is 0 Å². The molecule has 1 heterocycles. The van der Waals surface area contributed by atoms with Crippen LogP contribution < -0.4 is 4.74 Å². The molecule has 0 atom stereocenters. The first kappa shape index (κ1) is 12.4. The molecule has 0 saturated carbocycles. The summed E-state index contributed by atoms with van der Waals surface area (Å²) in [4.78, 5) is 8.25. The molecule has 1 aromatic carbocycles. The first-order chi connectivity index (χ1) is 8.34. The SMILES string of the molecule is Brc1cccc(OCCSc2ncccn2)c1. The molecule has 1 aromatic heterocycles. The number of hydrogen-bond acceptors (Lipinski definition) is 4. The van der Waals surface area contributed by atoms with Gasteiger partial charge in [0.15, 0.2) is 5.16 Å². The van der Waals surface area contributed by atoms with Crippen LogP contribution >= 0.6 is 27.7 Å². The fraction of sp³-hybridized carbons (Fsp3) is 0.167. The molecule has 88 valence electrons. The Morgan fingerprint density at radius 2 is 2.00 bits per heavy atom. The van der Waals surface area contributed by atoms with Gasteiger partial charge in [0.2, 0.25) is 0 Å². The van der Waals surface area contributed by atoms with Crippen LogP contribution in [0.1, 0.15) is 0 Å². The highest BCUT2D eigenvalue weighted by molar-refractivity contribution is 9.10. The van der Waals surface area contributed by atoms with E-state index in [-0.39, 0.29) is 0 Å². The highest BCUT2D eigenvalue weighted by Crippen LogP contribution is 2.18. The molecular weight excluding hydrogens is 300 g/mol. The average Bonchev–Trinajstić information content (AvgIpc) is 2.36. The third-order valence-electron chi connectivity index (χ3n) is 1.92. The first-order valence-corrected chi connectivity index (χ1v) is 6.90. The summed E-state index contributed by atoms with van der Waals surface area (Å²) in [5.41, 5.74) is 0. The molecule has 0 radical (unpaired) electrons. The summed E-state index contributed by atoms with van der Waals surface area (Å²) in [7, 11) is 0. The molecule has 0 saturated heterocycles. The molecule has 0 unspecified atom stereocenters. The maximum absolute atomic E-state index is 5.60. The smallest absolute Gasteiger partial charge is 0.187 e. The van der Waals surface area contributed by atoms with Crippen molar-refractivity contribution >= 4 is 27.7 Å². The summed E-state index contributed by atoms with van der Waals surface area (Å²) in [6.07, 6.45) is 3.48. The molecule has 0 aliphatic heterocycles. The summed E-state index contributed by atoms with van der Waals surface area (Å²) in [6, 6.07) is 9.62. The van der Waals surface area contributed by atoms with Crippen LogP contribution in [0.4, 0.5) is 0 Å². The third kappa shape index (κ3) is 4.36. The van der Waals surface area contributed by atoms with E-state index in [2.05, 4.69) is 25.9 Å². The zero-order chi connectivity index (χ0) is 11.9. The molecule has 2 rings (SSSR count). The molecule has 0 bridgehead atoms. The van der Waals surface area contributed by atoms with Crippen LogP contribution in [0.2, 0.25) is 0 Å². The lowest BCUT2D eigenvalue weighted by molar-refractivity contribution is 0.343. The van der Waals surface area contributed by atoms with Gasteiger partial charge in [0.25, 0.3) is 0 Å². The van der Waals surface area contributed by atoms with Crippen molar-refractivity contribution in [1.82, 2.24) is 9.97 Å². The maximum atomic E-state index is 5.60. The Labute approximate surface area is 113 Å². The Kier molecular flexibility index (Phi) is 4.82. The highest BCUT2D eigenvalue weighted by atomic mass is 79.9. The summed E-state index contributed by atoms with van der Waals surface area (Å²) in [6.45, 7) is 0.638. The second-order valence-corrected chi connectivity index (χ2v) is 5.16. The van der Waals surface area contributed by atoms with Gasteiger partial charge in [0.05, 0.1) is 6.61 Å². The lowest BCUT2D eigenvalue weighted by atomic mass is 10.3. The lowest BCUT2D eigenvalue weighted by Crippen LogP contribution is -2.00. The predicted molar refractivity (Wildman–Crippen MR) is 72.4 cm³/mol. The van der Waals surface area contributed by atoms with E-state index >= 15 is 0 Å². The largest absolute Gasteiger partial charge is 0.493 e. The van der Waals surface area contributed by atoms with E-state index in [1.54, 1.807) is 24.2 Å². The van der Waals surface area contributed by atoms with Crippen molar-refractivity contribution in [3.63, 3.8) is 0 Å². The highest BCUT2D eigenvalue weighted by Gasteiger charge is 1.97. The summed E-state index contributed by atoms with van der Waals surface area (Å²) in [5, 5.41) is 0.783. The van der Waals surface area contributed by atoms with Gasteiger partial charge in [-0.3, -0.25) is 0 Å². The molecule has 17 heavy (non-hydrogen) atoms. The van der Waals surface area contributed by atoms with Crippen LogP contribution in [0, 0.1) is 0 Å². The van der Waals surface area contributed by atoms with E-state index in [0.717, 1.165) is 21.1 Å². The van der Waals surface area contributed by atoms with Crippen molar-refractivity contribution in [2.24, 2.45) is 0 Å². The predicted octanol–water partition coefficient (Wildman–Crippen LogP) is 3.41. The Morgan fingerprint density at radius 3 is 2.76 bits per heavy atom. The minimum Gasteiger partial charge on any atom is -0.493 e. The van der Waals surface area contributed by atoms with Gasteiger partial charge < -0.3 is 4.74 Å². The zero-order valence-corrected chi connectivity index (χ0v) is 11.4. The molecule has 3 nitrogen and oxygen atoms in total. The molecule has 0 N–H and O–H groups in total. The molecule has 0 amide bonds. The minimum absolute atomic E-state index is 0.638. The zero-order valence-electron chi connectivity index (χ0n) is 9.04. The van der Waals surface area contributed by atoms with Gasteiger partial charge in [0, 0.05) is 22.6 Å². The minimum atomic E-state index is 0.638. The van der Waals surface area contributed by atoms with E-state index in [4.69, 9.17) is 4.74 Å². The van der Waals surface area contributed by atoms with Crippen molar-refractivity contribution in [1.29, 1.82) is 0 Å². The Morgan fingerprint density at radius 1 is 1.18 bits per heavy atom. The lowest BCUT2D eigenvalue weighted by Gasteiger charge is -2.05. The van der Waals surface area contributed by atoms with Crippen molar-refractivity contribution in [2.45, 2.75) is 5.16 Å². The number of aromatic nitrogens is 2. The number of hydrogen-bond donors (Lipinski definition) is 0. The number of halogens is 1. The van der Waals surface area contributed by atoms with Gasteiger partial charge in [-0.25, -0.2) is 9.97 Å². The van der Waals surface area contributed by atoms with Gasteiger partial charge in [-0.15, -0.1) is 0 Å². The Bertz CT molecular complexity index is 467. The fourth-order valence-electron chi connectivity index (χ4n) is 1.21.